The molecule has 0 spiro atoms. The molecular weight excluding hydrogens is 228 g/mol. The summed E-state index contributed by atoms with van der Waals surface area (Å²) in [5, 5.41) is 3.93. The van der Waals surface area contributed by atoms with Gasteiger partial charge in [0.05, 0.1) is 11.8 Å². The van der Waals surface area contributed by atoms with Gasteiger partial charge in [-0.25, -0.2) is 4.79 Å². The van der Waals surface area contributed by atoms with Crippen molar-refractivity contribution in [1.29, 1.82) is 0 Å². The zero-order valence-electron chi connectivity index (χ0n) is 10.8. The van der Waals surface area contributed by atoms with Crippen molar-refractivity contribution in [2.45, 2.75) is 19.8 Å². The number of aromatic nitrogens is 2. The smallest absolute Gasteiger partial charge is 0.346 e. The second-order valence-electron chi connectivity index (χ2n) is 4.52. The standard InChI is InChI=1S/C14H16N2O2/c1-10(2)11-4-6-13(7-5-11)18-14(17)12-8-15-16(3)9-12/h4-10H,1-3H3. The molecule has 94 valence electrons. The van der Waals surface area contributed by atoms with Crippen molar-refractivity contribution in [1.82, 2.24) is 9.78 Å². The number of benzene rings is 1. The first kappa shape index (κ1) is 12.4. The number of hydrogen-bond acceptors (Lipinski definition) is 3. The van der Waals surface area contributed by atoms with Crippen LogP contribution in [0.2, 0.25) is 0 Å². The fourth-order valence-electron chi connectivity index (χ4n) is 1.61. The second-order valence-corrected chi connectivity index (χ2v) is 4.52. The Morgan fingerprint density at radius 3 is 2.44 bits per heavy atom. The molecule has 1 heterocycles. The molecule has 0 bridgehead atoms. The average molecular weight is 244 g/mol. The highest BCUT2D eigenvalue weighted by atomic mass is 16.5. The predicted octanol–water partition coefficient (Wildman–Crippen LogP) is 2.76. The molecule has 0 amide bonds. The lowest BCUT2D eigenvalue weighted by molar-refractivity contribution is 0.0734. The monoisotopic (exact) mass is 244 g/mol. The Morgan fingerprint density at radius 2 is 1.94 bits per heavy atom. The fraction of sp³-hybridized carbons (Fsp3) is 0.286. The van der Waals surface area contributed by atoms with E-state index in [9.17, 15) is 4.79 Å². The van der Waals surface area contributed by atoms with Crippen LogP contribution in [0.4, 0.5) is 0 Å². The van der Waals surface area contributed by atoms with E-state index >= 15 is 0 Å². The summed E-state index contributed by atoms with van der Waals surface area (Å²) in [7, 11) is 1.76. The largest absolute Gasteiger partial charge is 0.423 e. The molecule has 4 nitrogen and oxygen atoms in total. The third kappa shape index (κ3) is 2.77. The van der Waals surface area contributed by atoms with Crippen molar-refractivity contribution in [2.24, 2.45) is 7.05 Å². The van der Waals surface area contributed by atoms with Crippen LogP contribution in [0.5, 0.6) is 5.75 Å². The van der Waals surface area contributed by atoms with Crippen LogP contribution in [0.25, 0.3) is 0 Å². The number of carbonyl (C=O) groups is 1. The number of rotatable bonds is 3. The van der Waals surface area contributed by atoms with Gasteiger partial charge in [0.15, 0.2) is 0 Å². The van der Waals surface area contributed by atoms with Crippen LogP contribution in [0, 0.1) is 0 Å². The highest BCUT2D eigenvalue weighted by Crippen LogP contribution is 2.19. The normalized spacial score (nSPS) is 10.7. The highest BCUT2D eigenvalue weighted by Gasteiger charge is 2.10. The quantitative estimate of drug-likeness (QED) is 0.616. The minimum atomic E-state index is -0.389. The van der Waals surface area contributed by atoms with Gasteiger partial charge in [0.1, 0.15) is 5.75 Å². The minimum absolute atomic E-state index is 0.389. The molecular formula is C14H16N2O2. The number of nitrogens with zero attached hydrogens (tertiary/aromatic N) is 2. The summed E-state index contributed by atoms with van der Waals surface area (Å²) < 4.78 is 6.82. The van der Waals surface area contributed by atoms with Crippen molar-refractivity contribution in [3.8, 4) is 5.75 Å². The zero-order valence-corrected chi connectivity index (χ0v) is 10.8. The van der Waals surface area contributed by atoms with Gasteiger partial charge in [-0.1, -0.05) is 26.0 Å². The van der Waals surface area contributed by atoms with Gasteiger partial charge in [0, 0.05) is 13.2 Å². The van der Waals surface area contributed by atoms with Gasteiger partial charge in [-0.2, -0.15) is 5.10 Å². The Morgan fingerprint density at radius 1 is 1.28 bits per heavy atom. The summed E-state index contributed by atoms with van der Waals surface area (Å²) in [5.74, 6) is 0.627. The first-order chi connectivity index (χ1) is 8.56. The topological polar surface area (TPSA) is 44.1 Å². The van der Waals surface area contributed by atoms with Crippen LogP contribution in [0.15, 0.2) is 36.7 Å². The molecule has 0 radical (unpaired) electrons. The van der Waals surface area contributed by atoms with E-state index in [0.29, 0.717) is 17.2 Å². The Bertz CT molecular complexity index is 541. The summed E-state index contributed by atoms with van der Waals surface area (Å²) in [4.78, 5) is 11.8. The lowest BCUT2D eigenvalue weighted by Crippen LogP contribution is -2.07. The van der Waals surface area contributed by atoms with Crippen molar-refractivity contribution >= 4 is 5.97 Å². The maximum atomic E-state index is 11.8. The van der Waals surface area contributed by atoms with E-state index in [2.05, 4.69) is 18.9 Å². The highest BCUT2D eigenvalue weighted by molar-refractivity contribution is 5.90. The molecule has 0 saturated heterocycles. The number of hydrogen-bond donors (Lipinski definition) is 0. The lowest BCUT2D eigenvalue weighted by Gasteiger charge is -2.06. The van der Waals surface area contributed by atoms with Gasteiger partial charge in [-0.15, -0.1) is 0 Å². The zero-order chi connectivity index (χ0) is 13.1. The van der Waals surface area contributed by atoms with Crippen molar-refractivity contribution in [3.05, 3.63) is 47.8 Å². The van der Waals surface area contributed by atoms with Crippen molar-refractivity contribution in [2.75, 3.05) is 0 Å². The molecule has 0 aliphatic rings. The van der Waals surface area contributed by atoms with E-state index < -0.39 is 0 Å². The van der Waals surface area contributed by atoms with Crippen molar-refractivity contribution < 1.29 is 9.53 Å². The average Bonchev–Trinajstić information content (AvgIpc) is 2.76. The molecule has 0 saturated carbocycles. The Labute approximate surface area is 106 Å². The van der Waals surface area contributed by atoms with E-state index in [1.54, 1.807) is 17.9 Å². The third-order valence-corrected chi connectivity index (χ3v) is 2.70. The van der Waals surface area contributed by atoms with Crippen molar-refractivity contribution in [3.63, 3.8) is 0 Å². The molecule has 0 atom stereocenters. The number of carbonyl (C=O) groups excluding carboxylic acids is 1. The summed E-state index contributed by atoms with van der Waals surface area (Å²) >= 11 is 0. The van der Waals surface area contributed by atoms with Gasteiger partial charge in [-0.05, 0) is 23.6 Å². The first-order valence-corrected chi connectivity index (χ1v) is 5.87. The second kappa shape index (κ2) is 5.04. The summed E-state index contributed by atoms with van der Waals surface area (Å²) in [6, 6.07) is 7.56. The first-order valence-electron chi connectivity index (χ1n) is 5.87. The van der Waals surface area contributed by atoms with Gasteiger partial charge in [0.2, 0.25) is 0 Å². The third-order valence-electron chi connectivity index (χ3n) is 2.70. The summed E-state index contributed by atoms with van der Waals surface area (Å²) in [5.41, 5.74) is 1.67. The molecule has 2 aromatic rings. The van der Waals surface area contributed by atoms with E-state index in [1.807, 2.05) is 24.3 Å². The van der Waals surface area contributed by atoms with Gasteiger partial charge >= 0.3 is 5.97 Å². The van der Waals surface area contributed by atoms with E-state index in [1.165, 1.54) is 11.8 Å². The van der Waals surface area contributed by atoms with E-state index in [0.717, 1.165) is 0 Å². The fourth-order valence-corrected chi connectivity index (χ4v) is 1.61. The molecule has 4 heteroatoms. The number of aryl methyl sites for hydroxylation is 1. The van der Waals surface area contributed by atoms with Gasteiger partial charge in [0.25, 0.3) is 0 Å². The van der Waals surface area contributed by atoms with Gasteiger partial charge < -0.3 is 4.74 Å². The van der Waals surface area contributed by atoms with Crippen LogP contribution < -0.4 is 4.74 Å². The van der Waals surface area contributed by atoms with E-state index in [4.69, 9.17) is 4.74 Å². The number of esters is 1. The van der Waals surface area contributed by atoms with Crippen LogP contribution in [-0.4, -0.2) is 15.7 Å². The van der Waals surface area contributed by atoms with Crippen LogP contribution in [0.3, 0.4) is 0 Å². The maximum absolute atomic E-state index is 11.8. The molecule has 0 aliphatic carbocycles. The Hall–Kier alpha value is -2.10. The lowest BCUT2D eigenvalue weighted by atomic mass is 10.0. The molecule has 18 heavy (non-hydrogen) atoms. The maximum Gasteiger partial charge on any atom is 0.346 e. The molecule has 0 unspecified atom stereocenters. The summed E-state index contributed by atoms with van der Waals surface area (Å²) in [6.45, 7) is 4.24. The molecule has 1 aromatic carbocycles. The Balaban J connectivity index is 2.07. The predicted molar refractivity (Wildman–Crippen MR) is 68.7 cm³/mol. The van der Waals surface area contributed by atoms with Crippen LogP contribution >= 0.6 is 0 Å². The molecule has 1 aromatic heterocycles. The SMILES string of the molecule is CC(C)c1ccc(OC(=O)c2cnn(C)c2)cc1. The van der Waals surface area contributed by atoms with Crippen LogP contribution in [0.1, 0.15) is 35.7 Å². The number of ether oxygens (including phenoxy) is 1. The Kier molecular flexibility index (Phi) is 3.46. The molecule has 0 N–H and O–H groups in total. The van der Waals surface area contributed by atoms with E-state index in [-0.39, 0.29) is 5.97 Å². The van der Waals surface area contributed by atoms with Crippen LogP contribution in [-0.2, 0) is 7.05 Å². The van der Waals surface area contributed by atoms with Gasteiger partial charge in [-0.3, -0.25) is 4.68 Å². The molecule has 0 aliphatic heterocycles. The minimum Gasteiger partial charge on any atom is -0.423 e. The molecule has 0 fully saturated rings. The molecule has 2 rings (SSSR count). The summed E-state index contributed by atoms with van der Waals surface area (Å²) in [6.07, 6.45) is 3.12.